The number of aliphatic hydroxyl groups is 1. The molecule has 0 radical (unpaired) electrons. The summed E-state index contributed by atoms with van der Waals surface area (Å²) in [6, 6.07) is 0. The number of rotatable bonds is 69. The molecular formula is C70H136O17P2. The summed E-state index contributed by atoms with van der Waals surface area (Å²) < 4.78 is 68.1. The largest absolute Gasteiger partial charge is 0.472 e. The quantitative estimate of drug-likeness (QED) is 0.0222. The Labute approximate surface area is 543 Å². The van der Waals surface area contributed by atoms with Crippen LogP contribution in [-0.4, -0.2) is 96.7 Å². The van der Waals surface area contributed by atoms with Crippen molar-refractivity contribution in [2.75, 3.05) is 39.6 Å². The van der Waals surface area contributed by atoms with Crippen molar-refractivity contribution in [3.63, 3.8) is 0 Å². The van der Waals surface area contributed by atoms with Crippen LogP contribution in [0.4, 0.5) is 0 Å². The molecule has 0 aliphatic rings. The standard InChI is InChI=1S/C70H136O17P2/c1-7-9-11-13-15-17-29-35-42-48-54-69(74)86-65(58-80-67(72)52-46-40-34-16-14-12-10-8-2)60-84-88(76,77)82-56-64(71)57-83-89(78,79)85-61-66(59-81-68(73)53-47-41-37-31-33-39-45-51-63(5)6)87-70(75)55-49-43-36-30-27-25-23-21-19-18-20-22-24-26-28-32-38-44-50-62(3)4/h62-66,71H,7-61H2,1-6H3,(H,76,77)(H,78,79)/t64-,65+,66+/m0/s1. The summed E-state index contributed by atoms with van der Waals surface area (Å²) in [5.74, 6) is -0.604. The number of aliphatic hydroxyl groups excluding tert-OH is 1. The second-order valence-electron chi connectivity index (χ2n) is 26.2. The predicted octanol–water partition coefficient (Wildman–Crippen LogP) is 20.0. The Morgan fingerprint density at radius 2 is 0.517 bits per heavy atom. The maximum absolute atomic E-state index is 13.0. The van der Waals surface area contributed by atoms with Crippen molar-refractivity contribution in [2.24, 2.45) is 11.8 Å². The highest BCUT2D eigenvalue weighted by molar-refractivity contribution is 7.47. The Morgan fingerprint density at radius 1 is 0.303 bits per heavy atom. The van der Waals surface area contributed by atoms with Crippen molar-refractivity contribution < 1.29 is 80.2 Å². The van der Waals surface area contributed by atoms with E-state index >= 15 is 0 Å². The molecule has 0 heterocycles. The van der Waals surface area contributed by atoms with Crippen molar-refractivity contribution in [1.29, 1.82) is 0 Å². The number of ether oxygens (including phenoxy) is 4. The van der Waals surface area contributed by atoms with Crippen LogP contribution in [0.5, 0.6) is 0 Å². The number of carbonyl (C=O) groups is 4. The summed E-state index contributed by atoms with van der Waals surface area (Å²) in [5.41, 5.74) is 0. The van der Waals surface area contributed by atoms with Crippen molar-refractivity contribution in [1.82, 2.24) is 0 Å². The molecule has 0 amide bonds. The first-order valence-electron chi connectivity index (χ1n) is 36.5. The third-order valence-electron chi connectivity index (χ3n) is 16.2. The van der Waals surface area contributed by atoms with Crippen molar-refractivity contribution in [3.8, 4) is 0 Å². The van der Waals surface area contributed by atoms with Gasteiger partial charge in [0.2, 0.25) is 0 Å². The lowest BCUT2D eigenvalue weighted by molar-refractivity contribution is -0.161. The number of unbranched alkanes of at least 4 members (excludes halogenated alkanes) is 39. The molecule has 0 aromatic carbocycles. The average Bonchev–Trinajstić information content (AvgIpc) is 3.53. The monoisotopic (exact) mass is 1310 g/mol. The lowest BCUT2D eigenvalue weighted by Crippen LogP contribution is -2.30. The molecule has 0 aromatic rings. The van der Waals surface area contributed by atoms with Crippen molar-refractivity contribution >= 4 is 39.5 Å². The van der Waals surface area contributed by atoms with Crippen LogP contribution < -0.4 is 0 Å². The minimum absolute atomic E-state index is 0.106. The number of hydrogen-bond acceptors (Lipinski definition) is 15. The van der Waals surface area contributed by atoms with E-state index in [0.29, 0.717) is 31.6 Å². The molecule has 0 saturated carbocycles. The summed E-state index contributed by atoms with van der Waals surface area (Å²) in [4.78, 5) is 72.3. The zero-order chi connectivity index (χ0) is 65.7. The third kappa shape index (κ3) is 64.6. The van der Waals surface area contributed by atoms with Gasteiger partial charge in [0.05, 0.1) is 26.4 Å². The van der Waals surface area contributed by atoms with Gasteiger partial charge in [0.15, 0.2) is 12.2 Å². The van der Waals surface area contributed by atoms with E-state index in [1.807, 2.05) is 0 Å². The molecule has 0 rings (SSSR count). The molecule has 0 aliphatic carbocycles. The molecule has 0 spiro atoms. The highest BCUT2D eigenvalue weighted by atomic mass is 31.2. The van der Waals surface area contributed by atoms with Crippen LogP contribution >= 0.6 is 15.6 Å². The van der Waals surface area contributed by atoms with E-state index in [1.54, 1.807) is 0 Å². The number of hydrogen-bond donors (Lipinski definition) is 3. The van der Waals surface area contributed by atoms with Gasteiger partial charge in [-0.2, -0.15) is 0 Å². The van der Waals surface area contributed by atoms with E-state index in [1.165, 1.54) is 161 Å². The minimum Gasteiger partial charge on any atom is -0.462 e. The van der Waals surface area contributed by atoms with Gasteiger partial charge in [0, 0.05) is 25.7 Å². The van der Waals surface area contributed by atoms with Crippen molar-refractivity contribution in [2.45, 2.75) is 374 Å². The zero-order valence-electron chi connectivity index (χ0n) is 57.7. The maximum atomic E-state index is 13.0. The fourth-order valence-electron chi connectivity index (χ4n) is 10.6. The molecule has 0 saturated heterocycles. The third-order valence-corrected chi connectivity index (χ3v) is 18.1. The van der Waals surface area contributed by atoms with Crippen LogP contribution in [0.25, 0.3) is 0 Å². The summed E-state index contributed by atoms with van der Waals surface area (Å²) in [6.45, 7) is 9.49. The van der Waals surface area contributed by atoms with Gasteiger partial charge in [-0.05, 0) is 37.5 Å². The molecule has 0 aromatic heterocycles. The van der Waals surface area contributed by atoms with Gasteiger partial charge in [-0.25, -0.2) is 9.13 Å². The van der Waals surface area contributed by atoms with E-state index in [4.69, 9.17) is 37.0 Å². The lowest BCUT2D eigenvalue weighted by atomic mass is 10.0. The number of esters is 4. The molecule has 19 heteroatoms. The second kappa shape index (κ2) is 62.2. The van der Waals surface area contributed by atoms with E-state index in [0.717, 1.165) is 109 Å². The van der Waals surface area contributed by atoms with Crippen LogP contribution in [0.2, 0.25) is 0 Å². The normalized spacial score (nSPS) is 14.1. The van der Waals surface area contributed by atoms with Gasteiger partial charge < -0.3 is 33.8 Å². The van der Waals surface area contributed by atoms with Crippen LogP contribution in [0, 0.1) is 11.8 Å². The Hall–Kier alpha value is -1.94. The molecule has 3 N–H and O–H groups in total. The predicted molar refractivity (Wildman–Crippen MR) is 358 cm³/mol. The van der Waals surface area contributed by atoms with E-state index in [-0.39, 0.29) is 25.7 Å². The molecule has 0 bridgehead atoms. The minimum atomic E-state index is -4.95. The molecule has 0 aliphatic heterocycles. The van der Waals surface area contributed by atoms with E-state index in [9.17, 15) is 43.2 Å². The van der Waals surface area contributed by atoms with Gasteiger partial charge in [0.1, 0.15) is 19.3 Å². The topological polar surface area (TPSA) is 237 Å². The molecule has 2 unspecified atom stereocenters. The van der Waals surface area contributed by atoms with Gasteiger partial charge in [-0.15, -0.1) is 0 Å². The van der Waals surface area contributed by atoms with Crippen LogP contribution in [0.1, 0.15) is 356 Å². The first-order chi connectivity index (χ1) is 42.9. The lowest BCUT2D eigenvalue weighted by Gasteiger charge is -2.21. The second-order valence-corrected chi connectivity index (χ2v) is 29.1. The number of carbonyl (C=O) groups excluding carboxylic acids is 4. The molecule has 5 atom stereocenters. The highest BCUT2D eigenvalue weighted by Crippen LogP contribution is 2.45. The molecule has 89 heavy (non-hydrogen) atoms. The molecule has 528 valence electrons. The number of phosphoric acid groups is 2. The van der Waals surface area contributed by atoms with Crippen LogP contribution in [-0.2, 0) is 65.4 Å². The fraction of sp³-hybridized carbons (Fsp3) is 0.943. The Morgan fingerprint density at radius 3 is 0.764 bits per heavy atom. The number of phosphoric ester groups is 2. The Balaban J connectivity index is 5.13. The molecule has 17 nitrogen and oxygen atoms in total. The molecular weight excluding hydrogens is 1170 g/mol. The van der Waals surface area contributed by atoms with Gasteiger partial charge in [0.25, 0.3) is 0 Å². The van der Waals surface area contributed by atoms with E-state index in [2.05, 4.69) is 41.5 Å². The summed E-state index contributed by atoms with van der Waals surface area (Å²) in [6.07, 6.45) is 47.4. The van der Waals surface area contributed by atoms with Crippen molar-refractivity contribution in [3.05, 3.63) is 0 Å². The first-order valence-corrected chi connectivity index (χ1v) is 39.5. The van der Waals surface area contributed by atoms with Gasteiger partial charge >= 0.3 is 39.5 Å². The SMILES string of the molecule is CCCCCCCCCCCCC(=O)O[C@H](COC(=O)CCCCCCCCCC)COP(=O)(O)OC[C@H](O)COP(=O)(O)OC[C@@H](COC(=O)CCCCCCCCCC(C)C)OC(=O)CCCCCCCCCCCCCCCCCCCCC(C)C. The summed E-state index contributed by atoms with van der Waals surface area (Å²) in [7, 11) is -9.89. The maximum Gasteiger partial charge on any atom is 0.472 e. The fourth-order valence-corrected chi connectivity index (χ4v) is 12.2. The van der Waals surface area contributed by atoms with E-state index < -0.39 is 97.5 Å². The van der Waals surface area contributed by atoms with Gasteiger partial charge in [-0.3, -0.25) is 37.3 Å². The Kier molecular flexibility index (Phi) is 60.8. The van der Waals surface area contributed by atoms with Crippen LogP contribution in [0.15, 0.2) is 0 Å². The highest BCUT2D eigenvalue weighted by Gasteiger charge is 2.30. The summed E-state index contributed by atoms with van der Waals surface area (Å²) >= 11 is 0. The smallest absolute Gasteiger partial charge is 0.462 e. The van der Waals surface area contributed by atoms with Gasteiger partial charge in [-0.1, -0.05) is 305 Å². The van der Waals surface area contributed by atoms with Crippen LogP contribution in [0.3, 0.4) is 0 Å². The zero-order valence-corrected chi connectivity index (χ0v) is 59.5. The first kappa shape index (κ1) is 87.1. The Bertz CT molecular complexity index is 1730. The average molecular weight is 1310 g/mol. The summed E-state index contributed by atoms with van der Waals surface area (Å²) in [5, 5.41) is 10.6. The molecule has 0 fully saturated rings.